The van der Waals surface area contributed by atoms with E-state index in [2.05, 4.69) is 10.2 Å². The van der Waals surface area contributed by atoms with Gasteiger partial charge in [0.15, 0.2) is 0 Å². The largest absolute Gasteiger partial charge is 0.397 e. The summed E-state index contributed by atoms with van der Waals surface area (Å²) in [5.41, 5.74) is 7.23. The zero-order valence-electron chi connectivity index (χ0n) is 17.2. The maximum atomic E-state index is 13.3. The van der Waals surface area contributed by atoms with Crippen molar-refractivity contribution < 1.29 is 9.59 Å². The SMILES string of the molecule is CN1CCN(C(=O)c2c(NC(C)(C)C)sc(C(=O)c3ccc(Cl)cc3)c2N)CC1. The summed E-state index contributed by atoms with van der Waals surface area (Å²) < 4.78 is 0. The number of nitrogens with zero attached hydrogens (tertiary/aromatic N) is 2. The number of nitrogens with one attached hydrogen (secondary N) is 1. The molecule has 1 saturated heterocycles. The lowest BCUT2D eigenvalue weighted by Gasteiger charge is -2.33. The highest BCUT2D eigenvalue weighted by molar-refractivity contribution is 7.19. The third-order valence-corrected chi connectivity index (χ3v) is 6.12. The average molecular weight is 435 g/mol. The monoisotopic (exact) mass is 434 g/mol. The van der Waals surface area contributed by atoms with Gasteiger partial charge in [0.25, 0.3) is 5.91 Å². The summed E-state index contributed by atoms with van der Waals surface area (Å²) in [6.45, 7) is 8.93. The second kappa shape index (κ2) is 8.34. The molecule has 1 fully saturated rings. The Morgan fingerprint density at radius 3 is 2.24 bits per heavy atom. The maximum Gasteiger partial charge on any atom is 0.259 e. The minimum absolute atomic E-state index is 0.131. The topological polar surface area (TPSA) is 78.7 Å². The molecule has 0 saturated carbocycles. The van der Waals surface area contributed by atoms with E-state index < -0.39 is 0 Å². The summed E-state index contributed by atoms with van der Waals surface area (Å²) in [7, 11) is 2.04. The molecule has 2 heterocycles. The number of benzene rings is 1. The first-order chi connectivity index (χ1) is 13.6. The quantitative estimate of drug-likeness (QED) is 0.715. The number of anilines is 2. The molecule has 8 heteroatoms. The summed E-state index contributed by atoms with van der Waals surface area (Å²) in [6, 6.07) is 6.68. The Morgan fingerprint density at radius 2 is 1.69 bits per heavy atom. The summed E-state index contributed by atoms with van der Waals surface area (Å²) >= 11 is 7.17. The van der Waals surface area contributed by atoms with Crippen molar-refractivity contribution in [3.05, 3.63) is 45.3 Å². The van der Waals surface area contributed by atoms with Crippen LogP contribution in [0.1, 0.15) is 46.4 Å². The Bertz CT molecular complexity index is 910. The van der Waals surface area contributed by atoms with Crippen LogP contribution in [0.3, 0.4) is 0 Å². The molecule has 1 amide bonds. The second-order valence-electron chi connectivity index (χ2n) is 8.36. The summed E-state index contributed by atoms with van der Waals surface area (Å²) in [5, 5.41) is 4.56. The molecular formula is C21H27ClN4O2S. The van der Waals surface area contributed by atoms with Gasteiger partial charge in [-0.1, -0.05) is 11.6 Å². The zero-order chi connectivity index (χ0) is 21.3. The average Bonchev–Trinajstić information content (AvgIpc) is 2.96. The lowest BCUT2D eigenvalue weighted by molar-refractivity contribution is 0.0666. The van der Waals surface area contributed by atoms with Crippen LogP contribution in [0.25, 0.3) is 0 Å². The number of carbonyl (C=O) groups is 2. The Labute approximate surface area is 180 Å². The molecule has 29 heavy (non-hydrogen) atoms. The van der Waals surface area contributed by atoms with Crippen LogP contribution in [-0.4, -0.2) is 60.3 Å². The van der Waals surface area contributed by atoms with Gasteiger partial charge in [-0.05, 0) is 52.1 Å². The predicted molar refractivity (Wildman–Crippen MR) is 120 cm³/mol. The van der Waals surface area contributed by atoms with Gasteiger partial charge in [-0.25, -0.2) is 0 Å². The summed E-state index contributed by atoms with van der Waals surface area (Å²) in [4.78, 5) is 30.8. The van der Waals surface area contributed by atoms with Crippen LogP contribution in [-0.2, 0) is 0 Å². The van der Waals surface area contributed by atoms with Crippen molar-refractivity contribution >= 4 is 45.3 Å². The van der Waals surface area contributed by atoms with Crippen LogP contribution in [0.5, 0.6) is 0 Å². The molecule has 0 bridgehead atoms. The van der Waals surface area contributed by atoms with E-state index in [1.807, 2.05) is 32.7 Å². The minimum atomic E-state index is -0.283. The number of hydrogen-bond donors (Lipinski definition) is 2. The molecule has 0 unspecified atom stereocenters. The van der Waals surface area contributed by atoms with E-state index in [0.717, 1.165) is 13.1 Å². The first-order valence-electron chi connectivity index (χ1n) is 9.55. The molecule has 1 aliphatic rings. The number of likely N-dealkylation sites (N-methyl/N-ethyl adjacent to an activating group) is 1. The van der Waals surface area contributed by atoms with Gasteiger partial charge in [-0.15, -0.1) is 11.3 Å². The molecule has 2 aromatic rings. The Balaban J connectivity index is 2.00. The van der Waals surface area contributed by atoms with Crippen LogP contribution in [0.15, 0.2) is 24.3 Å². The number of thiophene rings is 1. The number of halogens is 1. The summed E-state index contributed by atoms with van der Waals surface area (Å²) in [5.74, 6) is -0.340. The lowest BCUT2D eigenvalue weighted by Crippen LogP contribution is -2.47. The van der Waals surface area contributed by atoms with Gasteiger partial charge >= 0.3 is 0 Å². The van der Waals surface area contributed by atoms with Crippen molar-refractivity contribution in [2.45, 2.75) is 26.3 Å². The molecule has 1 aliphatic heterocycles. The molecule has 6 nitrogen and oxygen atoms in total. The molecule has 3 rings (SSSR count). The molecule has 1 aromatic heterocycles. The predicted octanol–water partition coefficient (Wildman–Crippen LogP) is 3.81. The van der Waals surface area contributed by atoms with Crippen molar-refractivity contribution in [1.82, 2.24) is 9.80 Å². The normalized spacial score (nSPS) is 15.4. The number of piperazine rings is 1. The third kappa shape index (κ3) is 4.91. The number of ketones is 1. The molecule has 156 valence electrons. The molecule has 3 N–H and O–H groups in total. The molecule has 0 aliphatic carbocycles. The first-order valence-corrected chi connectivity index (χ1v) is 10.7. The van der Waals surface area contributed by atoms with Crippen LogP contribution in [0, 0.1) is 0 Å². The maximum absolute atomic E-state index is 13.3. The van der Waals surface area contributed by atoms with Gasteiger partial charge in [0.05, 0.1) is 11.3 Å². The second-order valence-corrected chi connectivity index (χ2v) is 9.81. The molecule has 1 aromatic carbocycles. The zero-order valence-corrected chi connectivity index (χ0v) is 18.8. The van der Waals surface area contributed by atoms with Gasteiger partial charge in [0, 0.05) is 42.3 Å². The van der Waals surface area contributed by atoms with Crippen LogP contribution < -0.4 is 11.1 Å². The van der Waals surface area contributed by atoms with Crippen molar-refractivity contribution in [3.8, 4) is 0 Å². The number of hydrogen-bond acceptors (Lipinski definition) is 6. The standard InChI is InChI=1S/C21H27ClN4O2S/c1-21(2,3)24-19-15(20(28)26-11-9-25(4)10-12-26)16(23)18(29-19)17(27)13-5-7-14(22)8-6-13/h5-8,24H,9-12,23H2,1-4H3. The Morgan fingerprint density at radius 1 is 1.10 bits per heavy atom. The van der Waals surface area contributed by atoms with Crippen LogP contribution >= 0.6 is 22.9 Å². The first kappa shape index (κ1) is 21.6. The van der Waals surface area contributed by atoms with Crippen molar-refractivity contribution in [3.63, 3.8) is 0 Å². The van der Waals surface area contributed by atoms with Crippen molar-refractivity contribution in [2.75, 3.05) is 44.3 Å². The van der Waals surface area contributed by atoms with E-state index >= 15 is 0 Å². The van der Waals surface area contributed by atoms with Crippen molar-refractivity contribution in [2.24, 2.45) is 0 Å². The van der Waals surface area contributed by atoms with Gasteiger partial charge < -0.3 is 20.9 Å². The van der Waals surface area contributed by atoms with Crippen LogP contribution in [0.4, 0.5) is 10.7 Å². The fourth-order valence-corrected chi connectivity index (χ4v) is 4.56. The van der Waals surface area contributed by atoms with E-state index in [4.69, 9.17) is 17.3 Å². The molecule has 0 radical (unpaired) electrons. The number of carbonyl (C=O) groups excluding carboxylic acids is 2. The van der Waals surface area contributed by atoms with E-state index in [-0.39, 0.29) is 22.9 Å². The fraction of sp³-hybridized carbons (Fsp3) is 0.429. The molecule has 0 spiro atoms. The third-order valence-electron chi connectivity index (χ3n) is 4.75. The number of rotatable bonds is 4. The summed E-state index contributed by atoms with van der Waals surface area (Å²) in [6.07, 6.45) is 0. The van der Waals surface area contributed by atoms with Crippen molar-refractivity contribution in [1.29, 1.82) is 0 Å². The minimum Gasteiger partial charge on any atom is -0.397 e. The van der Waals surface area contributed by atoms with E-state index in [1.165, 1.54) is 11.3 Å². The molecule has 0 atom stereocenters. The highest BCUT2D eigenvalue weighted by Crippen LogP contribution is 2.39. The Kier molecular flexibility index (Phi) is 6.22. The lowest BCUT2D eigenvalue weighted by atomic mass is 10.1. The van der Waals surface area contributed by atoms with E-state index in [1.54, 1.807) is 24.3 Å². The molecular weight excluding hydrogens is 408 g/mol. The van der Waals surface area contributed by atoms with E-state index in [0.29, 0.717) is 39.1 Å². The number of amides is 1. The highest BCUT2D eigenvalue weighted by atomic mass is 35.5. The Hall–Kier alpha value is -2.09. The van der Waals surface area contributed by atoms with Gasteiger partial charge in [-0.2, -0.15) is 0 Å². The van der Waals surface area contributed by atoms with Gasteiger partial charge in [0.1, 0.15) is 9.88 Å². The smallest absolute Gasteiger partial charge is 0.259 e. The number of nitrogens with two attached hydrogens (primary N) is 1. The highest BCUT2D eigenvalue weighted by Gasteiger charge is 2.31. The van der Waals surface area contributed by atoms with Crippen LogP contribution in [0.2, 0.25) is 5.02 Å². The van der Waals surface area contributed by atoms with Gasteiger partial charge in [0.2, 0.25) is 5.78 Å². The van der Waals surface area contributed by atoms with Gasteiger partial charge in [-0.3, -0.25) is 9.59 Å². The van der Waals surface area contributed by atoms with E-state index in [9.17, 15) is 9.59 Å². The fourth-order valence-electron chi connectivity index (χ4n) is 3.15. The number of nitrogen functional groups attached to an aromatic ring is 1.